The minimum absolute atomic E-state index is 0.0174. The molecule has 1 aliphatic rings. The topological polar surface area (TPSA) is 69.7 Å². The highest BCUT2D eigenvalue weighted by Crippen LogP contribution is 2.15. The van der Waals surface area contributed by atoms with Crippen LogP contribution in [0, 0.1) is 5.92 Å². The molecule has 1 aliphatic heterocycles. The van der Waals surface area contributed by atoms with Crippen LogP contribution in [0.1, 0.15) is 47.1 Å². The number of hydrogen-bond acceptors (Lipinski definition) is 3. The van der Waals surface area contributed by atoms with Crippen molar-refractivity contribution in [3.05, 3.63) is 70.2 Å². The first-order valence-electron chi connectivity index (χ1n) is 11.0. The minimum Gasteiger partial charge on any atom is -0.340 e. The molecule has 32 heavy (non-hydrogen) atoms. The lowest BCUT2D eigenvalue weighted by molar-refractivity contribution is -0.135. The highest BCUT2D eigenvalue weighted by atomic mass is 35.5. The van der Waals surface area contributed by atoms with E-state index in [-0.39, 0.29) is 23.6 Å². The molecule has 0 saturated carbocycles. The lowest BCUT2D eigenvalue weighted by atomic mass is 10.0. The van der Waals surface area contributed by atoms with Gasteiger partial charge in [-0.3, -0.25) is 14.4 Å². The molecule has 1 saturated heterocycles. The average molecular weight is 456 g/mol. The summed E-state index contributed by atoms with van der Waals surface area (Å²) < 4.78 is 0. The Bertz CT molecular complexity index is 949. The van der Waals surface area contributed by atoms with Crippen molar-refractivity contribution in [2.75, 3.05) is 26.2 Å². The van der Waals surface area contributed by atoms with Gasteiger partial charge in [0.25, 0.3) is 11.8 Å². The summed E-state index contributed by atoms with van der Waals surface area (Å²) in [5.74, 6) is -0.522. The number of piperazine rings is 1. The molecular formula is C25H30ClN3O3. The van der Waals surface area contributed by atoms with Gasteiger partial charge >= 0.3 is 0 Å². The average Bonchev–Trinajstić information content (AvgIpc) is 2.82. The highest BCUT2D eigenvalue weighted by Gasteiger charge is 2.32. The Hall–Kier alpha value is -2.86. The summed E-state index contributed by atoms with van der Waals surface area (Å²) in [5.41, 5.74) is 2.31. The fraction of sp³-hybridized carbons (Fsp3) is 0.400. The first-order valence-corrected chi connectivity index (χ1v) is 11.4. The van der Waals surface area contributed by atoms with Gasteiger partial charge in [-0.1, -0.05) is 44.5 Å². The third-order valence-electron chi connectivity index (χ3n) is 5.81. The van der Waals surface area contributed by atoms with Gasteiger partial charge in [-0.15, -0.1) is 0 Å². The number of nitrogens with zero attached hydrogens (tertiary/aromatic N) is 2. The fourth-order valence-electron chi connectivity index (χ4n) is 3.73. The van der Waals surface area contributed by atoms with Crippen molar-refractivity contribution in [3.63, 3.8) is 0 Å². The van der Waals surface area contributed by atoms with Gasteiger partial charge in [0.1, 0.15) is 6.04 Å². The smallest absolute Gasteiger partial charge is 0.253 e. The van der Waals surface area contributed by atoms with Crippen LogP contribution in [0.3, 0.4) is 0 Å². The van der Waals surface area contributed by atoms with Gasteiger partial charge in [-0.2, -0.15) is 0 Å². The molecule has 1 fully saturated rings. The van der Waals surface area contributed by atoms with Crippen molar-refractivity contribution in [2.24, 2.45) is 5.92 Å². The zero-order valence-electron chi connectivity index (χ0n) is 18.8. The van der Waals surface area contributed by atoms with Crippen LogP contribution in [0.5, 0.6) is 0 Å². The third kappa shape index (κ3) is 5.68. The van der Waals surface area contributed by atoms with E-state index in [1.165, 1.54) is 5.56 Å². The van der Waals surface area contributed by atoms with Crippen molar-refractivity contribution in [3.8, 4) is 0 Å². The summed E-state index contributed by atoms with van der Waals surface area (Å²) in [7, 11) is 0. The van der Waals surface area contributed by atoms with E-state index in [0.29, 0.717) is 42.3 Å². The van der Waals surface area contributed by atoms with E-state index in [1.54, 1.807) is 34.1 Å². The second kappa shape index (κ2) is 10.6. The van der Waals surface area contributed by atoms with E-state index in [1.807, 2.05) is 38.1 Å². The number of nitrogens with one attached hydrogen (secondary N) is 1. The van der Waals surface area contributed by atoms with E-state index in [2.05, 4.69) is 12.2 Å². The van der Waals surface area contributed by atoms with Crippen LogP contribution >= 0.6 is 11.6 Å². The number of carbonyl (C=O) groups is 3. The summed E-state index contributed by atoms with van der Waals surface area (Å²) in [4.78, 5) is 42.1. The van der Waals surface area contributed by atoms with Gasteiger partial charge < -0.3 is 15.1 Å². The molecule has 0 aromatic heterocycles. The summed E-state index contributed by atoms with van der Waals surface area (Å²) in [6.07, 6.45) is 0.931. The third-order valence-corrected chi connectivity index (χ3v) is 6.07. The van der Waals surface area contributed by atoms with E-state index < -0.39 is 6.04 Å². The monoisotopic (exact) mass is 455 g/mol. The van der Waals surface area contributed by atoms with E-state index in [0.717, 1.165) is 6.42 Å². The number of amides is 3. The molecule has 3 amide bonds. The molecule has 2 aromatic carbocycles. The molecule has 0 radical (unpaired) electrons. The lowest BCUT2D eigenvalue weighted by Gasteiger charge is -2.37. The van der Waals surface area contributed by atoms with Crippen molar-refractivity contribution < 1.29 is 14.4 Å². The first kappa shape index (κ1) is 23.8. The van der Waals surface area contributed by atoms with Crippen molar-refractivity contribution >= 4 is 29.3 Å². The molecule has 170 valence electrons. The highest BCUT2D eigenvalue weighted by molar-refractivity contribution is 6.30. The van der Waals surface area contributed by atoms with Gasteiger partial charge in [0.2, 0.25) is 5.91 Å². The maximum Gasteiger partial charge on any atom is 0.253 e. The Labute approximate surface area is 194 Å². The Morgan fingerprint density at radius 2 is 1.41 bits per heavy atom. The molecular weight excluding hydrogens is 426 g/mol. The Balaban J connectivity index is 1.59. The van der Waals surface area contributed by atoms with Crippen LogP contribution in [-0.2, 0) is 11.2 Å². The van der Waals surface area contributed by atoms with Crippen molar-refractivity contribution in [1.82, 2.24) is 15.1 Å². The minimum atomic E-state index is -0.637. The zero-order valence-corrected chi connectivity index (χ0v) is 19.6. The van der Waals surface area contributed by atoms with Gasteiger partial charge in [-0.05, 0) is 54.3 Å². The number of carbonyl (C=O) groups excluding carboxylic acids is 3. The fourth-order valence-corrected chi connectivity index (χ4v) is 3.86. The summed E-state index contributed by atoms with van der Waals surface area (Å²) in [5, 5.41) is 3.41. The molecule has 1 atom stereocenters. The Kier molecular flexibility index (Phi) is 7.91. The van der Waals surface area contributed by atoms with Crippen LogP contribution in [0.25, 0.3) is 0 Å². The van der Waals surface area contributed by atoms with Crippen LogP contribution in [0.4, 0.5) is 0 Å². The standard InChI is InChI=1S/C25H30ClN3O3/c1-4-18-5-7-20(8-6-18)24(31)28-13-15-29(16-14-28)25(32)22(17(2)3)27-23(30)19-9-11-21(26)12-10-19/h5-12,17,22H,4,13-16H2,1-3H3,(H,27,30). The molecule has 0 aliphatic carbocycles. The molecule has 3 rings (SSSR count). The Morgan fingerprint density at radius 3 is 1.94 bits per heavy atom. The maximum absolute atomic E-state index is 13.2. The molecule has 7 heteroatoms. The second-order valence-electron chi connectivity index (χ2n) is 8.37. The van der Waals surface area contributed by atoms with E-state index >= 15 is 0 Å². The predicted molar refractivity (Wildman–Crippen MR) is 126 cm³/mol. The summed E-state index contributed by atoms with van der Waals surface area (Å²) >= 11 is 5.89. The molecule has 1 unspecified atom stereocenters. The van der Waals surface area contributed by atoms with Crippen LogP contribution in [0.15, 0.2) is 48.5 Å². The van der Waals surface area contributed by atoms with Crippen LogP contribution in [0.2, 0.25) is 5.02 Å². The van der Waals surface area contributed by atoms with Gasteiger partial charge in [0.15, 0.2) is 0 Å². The van der Waals surface area contributed by atoms with Gasteiger partial charge in [0.05, 0.1) is 0 Å². The Morgan fingerprint density at radius 1 is 0.875 bits per heavy atom. The van der Waals surface area contributed by atoms with Gasteiger partial charge in [0, 0.05) is 42.3 Å². The molecule has 1 N–H and O–H groups in total. The SMILES string of the molecule is CCc1ccc(C(=O)N2CCN(C(=O)C(NC(=O)c3ccc(Cl)cc3)C(C)C)CC2)cc1. The van der Waals surface area contributed by atoms with Crippen molar-refractivity contribution in [1.29, 1.82) is 0 Å². The summed E-state index contributed by atoms with van der Waals surface area (Å²) in [6, 6.07) is 13.6. The number of rotatable bonds is 6. The van der Waals surface area contributed by atoms with Gasteiger partial charge in [-0.25, -0.2) is 0 Å². The molecule has 0 bridgehead atoms. The predicted octanol–water partition coefficient (Wildman–Crippen LogP) is 3.64. The number of hydrogen-bond donors (Lipinski definition) is 1. The van der Waals surface area contributed by atoms with E-state index in [4.69, 9.17) is 11.6 Å². The molecule has 2 aromatic rings. The summed E-state index contributed by atoms with van der Waals surface area (Å²) in [6.45, 7) is 7.71. The first-order chi connectivity index (χ1) is 15.3. The molecule has 6 nitrogen and oxygen atoms in total. The van der Waals surface area contributed by atoms with Crippen LogP contribution < -0.4 is 5.32 Å². The normalized spacial score (nSPS) is 14.9. The quantitative estimate of drug-likeness (QED) is 0.722. The van der Waals surface area contributed by atoms with E-state index in [9.17, 15) is 14.4 Å². The molecule has 0 spiro atoms. The lowest BCUT2D eigenvalue weighted by Crippen LogP contribution is -2.57. The van der Waals surface area contributed by atoms with Crippen molar-refractivity contribution in [2.45, 2.75) is 33.2 Å². The second-order valence-corrected chi connectivity index (χ2v) is 8.81. The largest absolute Gasteiger partial charge is 0.340 e. The number of benzene rings is 2. The number of aryl methyl sites for hydroxylation is 1. The maximum atomic E-state index is 13.2. The van der Waals surface area contributed by atoms with Crippen LogP contribution in [-0.4, -0.2) is 59.7 Å². The number of halogens is 1. The molecule has 1 heterocycles. The zero-order chi connectivity index (χ0) is 23.3.